The Morgan fingerprint density at radius 1 is 0.952 bits per heavy atom. The van der Waals surface area contributed by atoms with Crippen molar-refractivity contribution in [2.24, 2.45) is 0 Å². The molecule has 0 N–H and O–H groups in total. The fourth-order valence-corrected chi connectivity index (χ4v) is 2.48. The molecule has 0 aliphatic carbocycles. The second kappa shape index (κ2) is 8.58. The largest absolute Gasteiger partial charge is 0.295 e. The Kier molecular flexibility index (Phi) is 6.42. The summed E-state index contributed by atoms with van der Waals surface area (Å²) in [6.07, 6.45) is 6.04. The molecule has 0 unspecified atom stereocenters. The van der Waals surface area contributed by atoms with Gasteiger partial charge in [-0.15, -0.1) is 0 Å². The SMILES string of the molecule is O=C(C=Cc1ccc(CBr)cc1)CCCc1ccccc1. The number of hydrogen-bond donors (Lipinski definition) is 0. The molecule has 2 aromatic rings. The minimum absolute atomic E-state index is 0.190. The van der Waals surface area contributed by atoms with Gasteiger partial charge in [0.25, 0.3) is 0 Å². The highest BCUT2D eigenvalue weighted by atomic mass is 79.9. The Morgan fingerprint density at radius 3 is 2.33 bits per heavy atom. The molecule has 0 radical (unpaired) electrons. The van der Waals surface area contributed by atoms with Crippen LogP contribution in [0, 0.1) is 0 Å². The molecule has 1 nitrogen and oxygen atoms in total. The van der Waals surface area contributed by atoms with Crippen LogP contribution in [0.1, 0.15) is 29.5 Å². The van der Waals surface area contributed by atoms with Gasteiger partial charge in [0.05, 0.1) is 0 Å². The Balaban J connectivity index is 1.77. The zero-order valence-electron chi connectivity index (χ0n) is 12.0. The summed E-state index contributed by atoms with van der Waals surface area (Å²) in [5.74, 6) is 0.190. The maximum Gasteiger partial charge on any atom is 0.155 e. The van der Waals surface area contributed by atoms with Crippen LogP contribution in [0.4, 0.5) is 0 Å². The first-order chi connectivity index (χ1) is 10.3. The summed E-state index contributed by atoms with van der Waals surface area (Å²) in [5, 5.41) is 0.857. The Hall–Kier alpha value is -1.67. The molecule has 0 atom stereocenters. The number of alkyl halides is 1. The van der Waals surface area contributed by atoms with E-state index in [-0.39, 0.29) is 5.78 Å². The first-order valence-electron chi connectivity index (χ1n) is 7.17. The molecule has 0 aliphatic rings. The zero-order valence-corrected chi connectivity index (χ0v) is 13.6. The molecular weight excluding hydrogens is 324 g/mol. The molecule has 21 heavy (non-hydrogen) atoms. The predicted molar refractivity (Wildman–Crippen MR) is 92.5 cm³/mol. The average Bonchev–Trinajstić information content (AvgIpc) is 2.54. The van der Waals surface area contributed by atoms with Crippen molar-refractivity contribution in [2.75, 3.05) is 0 Å². The molecule has 0 amide bonds. The fraction of sp³-hybridized carbons (Fsp3) is 0.211. The van der Waals surface area contributed by atoms with Gasteiger partial charge in [-0.05, 0) is 35.6 Å². The third-order valence-electron chi connectivity index (χ3n) is 3.33. The van der Waals surface area contributed by atoms with E-state index >= 15 is 0 Å². The van der Waals surface area contributed by atoms with E-state index in [1.807, 2.05) is 36.4 Å². The van der Waals surface area contributed by atoms with E-state index in [0.717, 1.165) is 23.7 Å². The number of ketones is 1. The van der Waals surface area contributed by atoms with Gasteiger partial charge in [-0.3, -0.25) is 4.79 Å². The molecule has 2 aromatic carbocycles. The number of aryl methyl sites for hydroxylation is 1. The summed E-state index contributed by atoms with van der Waals surface area (Å²) in [7, 11) is 0. The lowest BCUT2D eigenvalue weighted by Crippen LogP contribution is -1.94. The number of carbonyl (C=O) groups is 1. The molecule has 0 saturated heterocycles. The number of benzene rings is 2. The average molecular weight is 343 g/mol. The topological polar surface area (TPSA) is 17.1 Å². The van der Waals surface area contributed by atoms with Gasteiger partial charge < -0.3 is 0 Å². The first-order valence-corrected chi connectivity index (χ1v) is 8.30. The lowest BCUT2D eigenvalue weighted by Gasteiger charge is -1.99. The van der Waals surface area contributed by atoms with Crippen molar-refractivity contribution in [1.82, 2.24) is 0 Å². The third kappa shape index (κ3) is 5.68. The van der Waals surface area contributed by atoms with E-state index in [1.54, 1.807) is 6.08 Å². The van der Waals surface area contributed by atoms with Gasteiger partial charge in [-0.25, -0.2) is 0 Å². The first kappa shape index (κ1) is 15.7. The van der Waals surface area contributed by atoms with Crippen molar-refractivity contribution in [2.45, 2.75) is 24.6 Å². The molecule has 0 spiro atoms. The van der Waals surface area contributed by atoms with E-state index in [0.29, 0.717) is 6.42 Å². The highest BCUT2D eigenvalue weighted by Crippen LogP contribution is 2.10. The van der Waals surface area contributed by atoms with Crippen molar-refractivity contribution in [1.29, 1.82) is 0 Å². The standard InChI is InChI=1S/C19H19BrO/c20-15-18-11-9-17(10-12-18)13-14-19(21)8-4-7-16-5-2-1-3-6-16/h1-3,5-6,9-14H,4,7-8,15H2. The van der Waals surface area contributed by atoms with Gasteiger partial charge in [-0.1, -0.05) is 76.6 Å². The summed E-state index contributed by atoms with van der Waals surface area (Å²) in [4.78, 5) is 11.8. The monoisotopic (exact) mass is 342 g/mol. The molecule has 0 saturated carbocycles. The van der Waals surface area contributed by atoms with Crippen LogP contribution in [0.5, 0.6) is 0 Å². The summed E-state index contributed by atoms with van der Waals surface area (Å²) in [6.45, 7) is 0. The Labute approximate surface area is 134 Å². The quantitative estimate of drug-likeness (QED) is 0.500. The number of rotatable bonds is 7. The van der Waals surface area contributed by atoms with Crippen LogP contribution in [0.25, 0.3) is 6.08 Å². The maximum absolute atomic E-state index is 11.8. The molecular formula is C19H19BrO. The van der Waals surface area contributed by atoms with E-state index < -0.39 is 0 Å². The van der Waals surface area contributed by atoms with E-state index in [4.69, 9.17) is 0 Å². The number of halogens is 1. The highest BCUT2D eigenvalue weighted by molar-refractivity contribution is 9.08. The van der Waals surface area contributed by atoms with Gasteiger partial charge in [-0.2, -0.15) is 0 Å². The van der Waals surface area contributed by atoms with Crippen LogP contribution in [0.15, 0.2) is 60.7 Å². The zero-order chi connectivity index (χ0) is 14.9. The molecule has 0 bridgehead atoms. The highest BCUT2D eigenvalue weighted by Gasteiger charge is 1.98. The van der Waals surface area contributed by atoms with Crippen molar-refractivity contribution in [3.05, 3.63) is 77.4 Å². The number of allylic oxidation sites excluding steroid dienone is 1. The molecule has 108 valence electrons. The molecule has 0 aromatic heterocycles. The van der Waals surface area contributed by atoms with Crippen molar-refractivity contribution >= 4 is 27.8 Å². The summed E-state index contributed by atoms with van der Waals surface area (Å²) >= 11 is 3.42. The van der Waals surface area contributed by atoms with Crippen LogP contribution in [-0.4, -0.2) is 5.78 Å². The normalized spacial score (nSPS) is 10.9. The summed E-state index contributed by atoms with van der Waals surface area (Å²) in [6, 6.07) is 18.5. The summed E-state index contributed by atoms with van der Waals surface area (Å²) < 4.78 is 0. The molecule has 2 heteroatoms. The Bertz CT molecular complexity index is 585. The van der Waals surface area contributed by atoms with Gasteiger partial charge >= 0.3 is 0 Å². The molecule has 0 fully saturated rings. The minimum atomic E-state index is 0.190. The van der Waals surface area contributed by atoms with Gasteiger partial charge in [0.1, 0.15) is 0 Å². The van der Waals surface area contributed by atoms with Crippen molar-refractivity contribution in [3.63, 3.8) is 0 Å². The van der Waals surface area contributed by atoms with E-state index in [9.17, 15) is 4.79 Å². The van der Waals surface area contributed by atoms with Crippen LogP contribution in [0.2, 0.25) is 0 Å². The van der Waals surface area contributed by atoms with Gasteiger partial charge in [0.15, 0.2) is 5.78 Å². The van der Waals surface area contributed by atoms with Crippen LogP contribution < -0.4 is 0 Å². The predicted octanol–water partition coefficient (Wildman–Crippen LogP) is 5.19. The van der Waals surface area contributed by atoms with Crippen LogP contribution in [0.3, 0.4) is 0 Å². The number of carbonyl (C=O) groups excluding carboxylic acids is 1. The smallest absolute Gasteiger partial charge is 0.155 e. The van der Waals surface area contributed by atoms with Gasteiger partial charge in [0, 0.05) is 11.8 Å². The van der Waals surface area contributed by atoms with E-state index in [1.165, 1.54) is 11.1 Å². The van der Waals surface area contributed by atoms with Crippen LogP contribution in [-0.2, 0) is 16.5 Å². The van der Waals surface area contributed by atoms with Gasteiger partial charge in [0.2, 0.25) is 0 Å². The lowest BCUT2D eigenvalue weighted by molar-refractivity contribution is -0.114. The van der Waals surface area contributed by atoms with E-state index in [2.05, 4.69) is 40.2 Å². The summed E-state index contributed by atoms with van der Waals surface area (Å²) in [5.41, 5.74) is 3.59. The lowest BCUT2D eigenvalue weighted by atomic mass is 10.1. The van der Waals surface area contributed by atoms with Crippen molar-refractivity contribution < 1.29 is 4.79 Å². The fourth-order valence-electron chi connectivity index (χ4n) is 2.10. The Morgan fingerprint density at radius 2 is 1.67 bits per heavy atom. The van der Waals surface area contributed by atoms with Crippen molar-refractivity contribution in [3.8, 4) is 0 Å². The maximum atomic E-state index is 11.8. The third-order valence-corrected chi connectivity index (χ3v) is 3.97. The number of hydrogen-bond acceptors (Lipinski definition) is 1. The van der Waals surface area contributed by atoms with Crippen LogP contribution >= 0.6 is 15.9 Å². The second-order valence-electron chi connectivity index (χ2n) is 5.01. The molecule has 0 aliphatic heterocycles. The second-order valence-corrected chi connectivity index (χ2v) is 5.57. The molecule has 0 heterocycles. The molecule has 2 rings (SSSR count). The minimum Gasteiger partial charge on any atom is -0.295 e.